The van der Waals surface area contributed by atoms with Gasteiger partial charge in [0.2, 0.25) is 0 Å². The lowest BCUT2D eigenvalue weighted by Gasteiger charge is -2.67. The molecule has 2 amide bonds. The molecule has 1 heterocycles. The Morgan fingerprint density at radius 1 is 1.36 bits per heavy atom. The molecule has 136 valence electrons. The Labute approximate surface area is 147 Å². The van der Waals surface area contributed by atoms with Gasteiger partial charge < -0.3 is 15.7 Å². The summed E-state index contributed by atoms with van der Waals surface area (Å²) in [4.78, 5) is 23.5. The largest absolute Gasteiger partial charge is 0.481 e. The zero-order valence-corrected chi connectivity index (χ0v) is 14.8. The molecule has 7 nitrogen and oxygen atoms in total. The number of hydrogen-bond donors (Lipinski definition) is 3. The van der Waals surface area contributed by atoms with Gasteiger partial charge in [-0.3, -0.25) is 9.48 Å². The first-order valence-corrected chi connectivity index (χ1v) is 9.13. The third-order valence-electron chi connectivity index (χ3n) is 6.41. The summed E-state index contributed by atoms with van der Waals surface area (Å²) in [5.41, 5.74) is 1.41. The second kappa shape index (κ2) is 5.47. The molecule has 4 aliphatic rings. The number of rotatable bonds is 5. The fraction of sp³-hybridized carbons (Fsp3) is 0.722. The van der Waals surface area contributed by atoms with Crippen LogP contribution in [0, 0.1) is 18.3 Å². The Bertz CT molecular complexity index is 706. The van der Waals surface area contributed by atoms with E-state index in [0.717, 1.165) is 31.4 Å². The van der Waals surface area contributed by atoms with E-state index < -0.39 is 11.4 Å². The summed E-state index contributed by atoms with van der Waals surface area (Å²) in [6, 6.07) is 2.15. The molecule has 0 saturated heterocycles. The van der Waals surface area contributed by atoms with Gasteiger partial charge in [-0.2, -0.15) is 5.10 Å². The molecule has 0 spiro atoms. The van der Waals surface area contributed by atoms with Gasteiger partial charge in [0, 0.05) is 24.3 Å². The SMILES string of the molecule is Cc1cc(CC2CCCC2NC(=O)NC23CC(C(=O)O)(C2)C3)n(C)n1. The van der Waals surface area contributed by atoms with E-state index in [0.29, 0.717) is 25.2 Å². The third kappa shape index (κ3) is 2.69. The second-order valence-corrected chi connectivity index (χ2v) is 8.40. The highest BCUT2D eigenvalue weighted by Gasteiger charge is 2.72. The minimum absolute atomic E-state index is 0.142. The van der Waals surface area contributed by atoms with E-state index in [1.807, 2.05) is 18.7 Å². The number of carboxylic acid groups (broad SMARTS) is 1. The molecule has 1 aromatic heterocycles. The zero-order chi connectivity index (χ0) is 17.8. The summed E-state index contributed by atoms with van der Waals surface area (Å²) in [5, 5.41) is 19.7. The van der Waals surface area contributed by atoms with Crippen LogP contribution in [0.25, 0.3) is 0 Å². The third-order valence-corrected chi connectivity index (χ3v) is 6.41. The van der Waals surface area contributed by atoms with Crippen LogP contribution in [0.3, 0.4) is 0 Å². The van der Waals surface area contributed by atoms with Crippen LogP contribution < -0.4 is 10.6 Å². The van der Waals surface area contributed by atoms with Crippen molar-refractivity contribution < 1.29 is 14.7 Å². The van der Waals surface area contributed by atoms with Crippen molar-refractivity contribution in [2.45, 2.75) is 63.5 Å². The number of aryl methyl sites for hydroxylation is 2. The fourth-order valence-electron chi connectivity index (χ4n) is 5.19. The number of hydrogen-bond acceptors (Lipinski definition) is 3. The summed E-state index contributed by atoms with van der Waals surface area (Å²) in [7, 11) is 1.97. The average molecular weight is 346 g/mol. The van der Waals surface area contributed by atoms with Gasteiger partial charge in [-0.05, 0) is 57.4 Å². The highest BCUT2D eigenvalue weighted by Crippen LogP contribution is 2.67. The van der Waals surface area contributed by atoms with Gasteiger partial charge in [0.1, 0.15) is 0 Å². The van der Waals surface area contributed by atoms with Crippen LogP contribution in [-0.4, -0.2) is 38.5 Å². The van der Waals surface area contributed by atoms with Crippen LogP contribution in [0.15, 0.2) is 6.07 Å². The van der Waals surface area contributed by atoms with Crippen molar-refractivity contribution in [2.75, 3.05) is 0 Å². The number of aromatic nitrogens is 2. The molecule has 5 rings (SSSR count). The Kier molecular flexibility index (Phi) is 3.60. The monoisotopic (exact) mass is 346 g/mol. The first kappa shape index (κ1) is 16.4. The summed E-state index contributed by atoms with van der Waals surface area (Å²) in [5.74, 6) is -0.294. The summed E-state index contributed by atoms with van der Waals surface area (Å²) < 4.78 is 1.93. The molecule has 25 heavy (non-hydrogen) atoms. The number of carbonyl (C=O) groups is 2. The maximum absolute atomic E-state index is 12.4. The molecule has 0 radical (unpaired) electrons. The number of amides is 2. The lowest BCUT2D eigenvalue weighted by Crippen LogP contribution is -2.77. The number of carbonyl (C=O) groups excluding carboxylic acids is 1. The lowest BCUT2D eigenvalue weighted by molar-refractivity contribution is -0.196. The van der Waals surface area contributed by atoms with Crippen molar-refractivity contribution >= 4 is 12.0 Å². The molecule has 0 aliphatic heterocycles. The van der Waals surface area contributed by atoms with E-state index in [9.17, 15) is 14.7 Å². The molecule has 1 aromatic rings. The van der Waals surface area contributed by atoms with E-state index in [2.05, 4.69) is 21.8 Å². The molecule has 0 aromatic carbocycles. The maximum atomic E-state index is 12.4. The predicted molar refractivity (Wildman–Crippen MR) is 91.1 cm³/mol. The normalized spacial score (nSPS) is 35.6. The number of nitrogens with zero attached hydrogens (tertiary/aromatic N) is 2. The average Bonchev–Trinajstić information content (AvgIpc) is 2.99. The van der Waals surface area contributed by atoms with Gasteiger partial charge in [0.05, 0.1) is 11.1 Å². The molecule has 7 heteroatoms. The first-order valence-electron chi connectivity index (χ1n) is 9.13. The van der Waals surface area contributed by atoms with Crippen molar-refractivity contribution in [2.24, 2.45) is 18.4 Å². The summed E-state index contributed by atoms with van der Waals surface area (Å²) >= 11 is 0. The van der Waals surface area contributed by atoms with Gasteiger partial charge in [-0.15, -0.1) is 0 Å². The van der Waals surface area contributed by atoms with Crippen LogP contribution in [0.5, 0.6) is 0 Å². The zero-order valence-electron chi connectivity index (χ0n) is 14.8. The lowest BCUT2D eigenvalue weighted by atomic mass is 9.39. The van der Waals surface area contributed by atoms with E-state index in [1.54, 1.807) is 0 Å². The molecule has 2 atom stereocenters. The molecule has 3 N–H and O–H groups in total. The molecule has 4 fully saturated rings. The van der Waals surface area contributed by atoms with Crippen LogP contribution in [-0.2, 0) is 18.3 Å². The maximum Gasteiger partial charge on any atom is 0.315 e. The molecule has 4 saturated carbocycles. The van der Waals surface area contributed by atoms with Gasteiger partial charge in [-0.1, -0.05) is 6.42 Å². The number of carboxylic acids is 1. The second-order valence-electron chi connectivity index (χ2n) is 8.40. The van der Waals surface area contributed by atoms with Crippen molar-refractivity contribution in [1.29, 1.82) is 0 Å². The molecular weight excluding hydrogens is 320 g/mol. The molecule has 2 unspecified atom stereocenters. The minimum atomic E-state index is -0.723. The molecule has 2 bridgehead atoms. The summed E-state index contributed by atoms with van der Waals surface area (Å²) in [6.45, 7) is 2.00. The predicted octanol–water partition coefficient (Wildman–Crippen LogP) is 1.75. The quantitative estimate of drug-likeness (QED) is 0.757. The van der Waals surface area contributed by atoms with E-state index in [1.165, 1.54) is 5.69 Å². The van der Waals surface area contributed by atoms with Crippen LogP contribution in [0.2, 0.25) is 0 Å². The van der Waals surface area contributed by atoms with Crippen molar-refractivity contribution in [3.05, 3.63) is 17.5 Å². The fourth-order valence-corrected chi connectivity index (χ4v) is 5.19. The molecule has 4 aliphatic carbocycles. The summed E-state index contributed by atoms with van der Waals surface area (Å²) in [6.07, 6.45) is 5.89. The Morgan fingerprint density at radius 2 is 2.08 bits per heavy atom. The van der Waals surface area contributed by atoms with E-state index in [-0.39, 0.29) is 17.6 Å². The number of nitrogens with one attached hydrogen (secondary N) is 2. The van der Waals surface area contributed by atoms with E-state index >= 15 is 0 Å². The van der Waals surface area contributed by atoms with Crippen molar-refractivity contribution in [1.82, 2.24) is 20.4 Å². The van der Waals surface area contributed by atoms with Crippen molar-refractivity contribution in [3.8, 4) is 0 Å². The Morgan fingerprint density at radius 3 is 2.68 bits per heavy atom. The van der Waals surface area contributed by atoms with Gasteiger partial charge in [0.25, 0.3) is 0 Å². The van der Waals surface area contributed by atoms with Crippen LogP contribution in [0.4, 0.5) is 4.79 Å². The van der Waals surface area contributed by atoms with E-state index in [4.69, 9.17) is 0 Å². The van der Waals surface area contributed by atoms with Crippen LogP contribution in [0.1, 0.15) is 49.9 Å². The number of urea groups is 1. The number of aliphatic carboxylic acids is 1. The van der Waals surface area contributed by atoms with Gasteiger partial charge >= 0.3 is 12.0 Å². The first-order chi connectivity index (χ1) is 11.8. The van der Waals surface area contributed by atoms with Crippen molar-refractivity contribution in [3.63, 3.8) is 0 Å². The topological polar surface area (TPSA) is 96.3 Å². The standard InChI is InChI=1S/C18H26N4O3/c1-11-6-13(22(2)21-11)7-12-4-3-5-14(12)19-16(25)20-18-8-17(9-18,10-18)15(23)24/h6,12,14H,3-5,7-10H2,1-2H3,(H,23,24)(H2,19,20,25). The highest BCUT2D eigenvalue weighted by molar-refractivity contribution is 5.83. The Hall–Kier alpha value is -2.05. The van der Waals surface area contributed by atoms with Gasteiger partial charge in [-0.25, -0.2) is 4.79 Å². The van der Waals surface area contributed by atoms with Gasteiger partial charge in [0.15, 0.2) is 0 Å². The smallest absolute Gasteiger partial charge is 0.315 e. The highest BCUT2D eigenvalue weighted by atomic mass is 16.4. The van der Waals surface area contributed by atoms with Crippen LogP contribution >= 0.6 is 0 Å². The Balaban J connectivity index is 1.31. The molecular formula is C18H26N4O3. The minimum Gasteiger partial charge on any atom is -0.481 e.